The summed E-state index contributed by atoms with van der Waals surface area (Å²) in [4.78, 5) is 13.6. The third-order valence-corrected chi connectivity index (χ3v) is 4.25. The summed E-state index contributed by atoms with van der Waals surface area (Å²) in [5.41, 5.74) is 3.22. The van der Waals surface area contributed by atoms with E-state index in [1.165, 1.54) is 6.42 Å². The van der Waals surface area contributed by atoms with Crippen LogP contribution in [0.15, 0.2) is 6.20 Å². The number of nitrogens with zero attached hydrogens (tertiary/aromatic N) is 5. The van der Waals surface area contributed by atoms with Gasteiger partial charge >= 0.3 is 0 Å². The molecule has 0 amide bonds. The van der Waals surface area contributed by atoms with Gasteiger partial charge in [0.1, 0.15) is 5.82 Å². The van der Waals surface area contributed by atoms with Crippen molar-refractivity contribution in [3.05, 3.63) is 6.20 Å². The van der Waals surface area contributed by atoms with Crippen molar-refractivity contribution in [3.63, 3.8) is 0 Å². The molecule has 0 aromatic carbocycles. The van der Waals surface area contributed by atoms with Gasteiger partial charge in [-0.15, -0.1) is 0 Å². The second kappa shape index (κ2) is 5.82. The summed E-state index contributed by atoms with van der Waals surface area (Å²) in [5, 5.41) is 7.87. The number of H-pyrrole nitrogens is 1. The number of nitrogens with one attached hydrogen (secondary N) is 2. The van der Waals surface area contributed by atoms with E-state index >= 15 is 0 Å². The SMILES string of the molecule is CCC(C)N1CCN(c2nc(NN)nc3[nH]ncc23)CC1. The van der Waals surface area contributed by atoms with Gasteiger partial charge in [-0.25, -0.2) is 5.84 Å². The molecule has 2 aromatic rings. The first-order valence-electron chi connectivity index (χ1n) is 7.39. The first-order valence-corrected chi connectivity index (χ1v) is 7.39. The molecular weight excluding hydrogens is 268 g/mol. The van der Waals surface area contributed by atoms with Gasteiger partial charge in [0.2, 0.25) is 5.95 Å². The van der Waals surface area contributed by atoms with E-state index in [9.17, 15) is 0 Å². The van der Waals surface area contributed by atoms with E-state index < -0.39 is 0 Å². The largest absolute Gasteiger partial charge is 0.353 e. The first-order chi connectivity index (χ1) is 10.2. The van der Waals surface area contributed by atoms with Crippen LogP contribution in [0.2, 0.25) is 0 Å². The van der Waals surface area contributed by atoms with Crippen LogP contribution in [-0.4, -0.2) is 57.3 Å². The van der Waals surface area contributed by atoms with E-state index in [0.717, 1.165) is 37.4 Å². The quantitative estimate of drug-likeness (QED) is 0.559. The summed E-state index contributed by atoms with van der Waals surface area (Å²) in [6.45, 7) is 8.51. The van der Waals surface area contributed by atoms with Crippen molar-refractivity contribution in [2.75, 3.05) is 36.5 Å². The molecule has 2 aromatic heterocycles. The Morgan fingerprint density at radius 2 is 2.10 bits per heavy atom. The highest BCUT2D eigenvalue weighted by atomic mass is 15.4. The second-order valence-electron chi connectivity index (χ2n) is 5.43. The molecule has 3 heterocycles. The van der Waals surface area contributed by atoms with Crippen LogP contribution >= 0.6 is 0 Å². The third-order valence-electron chi connectivity index (χ3n) is 4.25. The predicted octanol–water partition coefficient (Wildman–Crippen LogP) is 0.559. The lowest BCUT2D eigenvalue weighted by molar-refractivity contribution is 0.192. The van der Waals surface area contributed by atoms with Crippen LogP contribution in [0.1, 0.15) is 20.3 Å². The Hall–Kier alpha value is -1.93. The zero-order valence-corrected chi connectivity index (χ0v) is 12.5. The van der Waals surface area contributed by atoms with E-state index in [1.54, 1.807) is 6.20 Å². The molecule has 4 N–H and O–H groups in total. The predicted molar refractivity (Wildman–Crippen MR) is 83.0 cm³/mol. The average Bonchev–Trinajstić information content (AvgIpc) is 3.01. The number of aromatic amines is 1. The molecule has 1 aliphatic rings. The van der Waals surface area contributed by atoms with Gasteiger partial charge in [0.25, 0.3) is 0 Å². The van der Waals surface area contributed by atoms with Crippen molar-refractivity contribution in [2.45, 2.75) is 26.3 Å². The van der Waals surface area contributed by atoms with Gasteiger partial charge in [0.15, 0.2) is 5.65 Å². The molecule has 21 heavy (non-hydrogen) atoms. The van der Waals surface area contributed by atoms with Crippen molar-refractivity contribution < 1.29 is 0 Å². The minimum absolute atomic E-state index is 0.408. The summed E-state index contributed by atoms with van der Waals surface area (Å²) < 4.78 is 0. The lowest BCUT2D eigenvalue weighted by atomic mass is 10.2. The number of nitrogen functional groups attached to an aromatic ring is 1. The standard InChI is InChI=1S/C13H22N8/c1-3-9(2)20-4-6-21(7-5-20)12-10-8-15-19-11(10)16-13(17-12)18-14/h8-9H,3-7,14H2,1-2H3,(H2,15,16,17,18,19). The van der Waals surface area contributed by atoms with Crippen molar-refractivity contribution in [2.24, 2.45) is 5.84 Å². The number of nitrogens with two attached hydrogens (primary N) is 1. The van der Waals surface area contributed by atoms with E-state index in [1.807, 2.05) is 0 Å². The number of hydrazine groups is 1. The highest BCUT2D eigenvalue weighted by Crippen LogP contribution is 2.25. The van der Waals surface area contributed by atoms with Crippen molar-refractivity contribution in [1.29, 1.82) is 0 Å². The number of anilines is 2. The fourth-order valence-electron chi connectivity index (χ4n) is 2.76. The maximum absolute atomic E-state index is 5.45. The van der Waals surface area contributed by atoms with Gasteiger partial charge in [0.05, 0.1) is 11.6 Å². The summed E-state index contributed by atoms with van der Waals surface area (Å²) >= 11 is 0. The zero-order chi connectivity index (χ0) is 14.8. The fraction of sp³-hybridized carbons (Fsp3) is 0.615. The van der Waals surface area contributed by atoms with Gasteiger partial charge < -0.3 is 4.90 Å². The Morgan fingerprint density at radius 1 is 1.33 bits per heavy atom. The van der Waals surface area contributed by atoms with Crippen molar-refractivity contribution in [1.82, 2.24) is 25.1 Å². The lowest BCUT2D eigenvalue weighted by Gasteiger charge is -2.38. The monoisotopic (exact) mass is 290 g/mol. The smallest absolute Gasteiger partial charge is 0.241 e. The average molecular weight is 290 g/mol. The highest BCUT2D eigenvalue weighted by Gasteiger charge is 2.23. The van der Waals surface area contributed by atoms with Gasteiger partial charge in [-0.2, -0.15) is 15.1 Å². The number of rotatable bonds is 4. The van der Waals surface area contributed by atoms with E-state index in [4.69, 9.17) is 5.84 Å². The van der Waals surface area contributed by atoms with Crippen molar-refractivity contribution in [3.8, 4) is 0 Å². The Kier molecular flexibility index (Phi) is 3.89. The molecule has 1 saturated heterocycles. The summed E-state index contributed by atoms with van der Waals surface area (Å²) in [6.07, 6.45) is 2.95. The molecule has 1 atom stereocenters. The first kappa shape index (κ1) is 14.0. The topological polar surface area (TPSA) is 99.0 Å². The lowest BCUT2D eigenvalue weighted by Crippen LogP contribution is -2.49. The summed E-state index contributed by atoms with van der Waals surface area (Å²) in [6, 6.07) is 0.632. The number of hydrogen-bond donors (Lipinski definition) is 3. The Bertz CT molecular complexity index is 601. The Labute approximate surface area is 123 Å². The highest BCUT2D eigenvalue weighted by molar-refractivity contribution is 5.87. The van der Waals surface area contributed by atoms with Gasteiger partial charge in [-0.1, -0.05) is 6.92 Å². The zero-order valence-electron chi connectivity index (χ0n) is 12.5. The molecule has 0 saturated carbocycles. The van der Waals surface area contributed by atoms with Gasteiger partial charge in [0, 0.05) is 32.2 Å². The number of piperazine rings is 1. The molecule has 0 radical (unpaired) electrons. The third kappa shape index (κ3) is 2.64. The van der Waals surface area contributed by atoms with Crippen LogP contribution in [0, 0.1) is 0 Å². The van der Waals surface area contributed by atoms with Crippen LogP contribution in [0.25, 0.3) is 11.0 Å². The molecule has 0 bridgehead atoms. The molecule has 3 rings (SSSR count). The normalized spacial score (nSPS) is 18.1. The Balaban J connectivity index is 1.83. The second-order valence-corrected chi connectivity index (χ2v) is 5.43. The van der Waals surface area contributed by atoms with Crippen LogP contribution in [-0.2, 0) is 0 Å². The molecule has 1 fully saturated rings. The summed E-state index contributed by atoms with van der Waals surface area (Å²) in [7, 11) is 0. The van der Waals surface area contributed by atoms with Crippen LogP contribution in [0.3, 0.4) is 0 Å². The molecule has 8 nitrogen and oxygen atoms in total. The molecule has 1 aliphatic heterocycles. The molecule has 0 spiro atoms. The molecule has 1 unspecified atom stereocenters. The molecule has 0 aliphatic carbocycles. The minimum atomic E-state index is 0.408. The van der Waals surface area contributed by atoms with E-state index in [2.05, 4.69) is 49.2 Å². The maximum Gasteiger partial charge on any atom is 0.241 e. The molecule has 8 heteroatoms. The minimum Gasteiger partial charge on any atom is -0.353 e. The van der Waals surface area contributed by atoms with E-state index in [-0.39, 0.29) is 0 Å². The summed E-state index contributed by atoms with van der Waals surface area (Å²) in [5.74, 6) is 6.75. The van der Waals surface area contributed by atoms with Crippen molar-refractivity contribution >= 4 is 22.8 Å². The number of fused-ring (bicyclic) bond motifs is 1. The van der Waals surface area contributed by atoms with Crippen LogP contribution in [0.5, 0.6) is 0 Å². The number of aromatic nitrogens is 4. The van der Waals surface area contributed by atoms with Crippen LogP contribution in [0.4, 0.5) is 11.8 Å². The Morgan fingerprint density at radius 3 is 2.76 bits per heavy atom. The van der Waals surface area contributed by atoms with Gasteiger partial charge in [-0.05, 0) is 13.3 Å². The fourth-order valence-corrected chi connectivity index (χ4v) is 2.76. The molecular formula is C13H22N8. The van der Waals surface area contributed by atoms with Gasteiger partial charge in [-0.3, -0.25) is 15.4 Å². The van der Waals surface area contributed by atoms with Crippen LogP contribution < -0.4 is 16.2 Å². The molecule has 114 valence electrons. The maximum atomic E-state index is 5.45. The van der Waals surface area contributed by atoms with E-state index in [0.29, 0.717) is 17.6 Å². The number of hydrogen-bond acceptors (Lipinski definition) is 7.